The van der Waals surface area contributed by atoms with Gasteiger partial charge in [-0.3, -0.25) is 14.9 Å². The molecule has 2 heterocycles. The first-order valence-corrected chi connectivity index (χ1v) is 8.96. The molecule has 1 atom stereocenters. The SMILES string of the molecule is CC(=O)N1C(=O)[C@]2(N=C(N)NC(Nc3ccc(Cl)c(Cl)c3)=N2)c2ccccc21. The number of hydrogen-bond acceptors (Lipinski definition) is 7. The molecule has 0 unspecified atom stereocenters. The fourth-order valence-corrected chi connectivity index (χ4v) is 3.48. The molecule has 0 saturated heterocycles. The molecule has 8 nitrogen and oxygen atoms in total. The van der Waals surface area contributed by atoms with E-state index in [2.05, 4.69) is 20.6 Å². The van der Waals surface area contributed by atoms with E-state index in [1.165, 1.54) is 6.92 Å². The molecular formula is C18H14Cl2N6O2. The van der Waals surface area contributed by atoms with Gasteiger partial charge in [0.05, 0.1) is 15.7 Å². The van der Waals surface area contributed by atoms with Crippen molar-refractivity contribution in [3.05, 3.63) is 58.1 Å². The fourth-order valence-electron chi connectivity index (χ4n) is 3.18. The van der Waals surface area contributed by atoms with Crippen LogP contribution >= 0.6 is 23.2 Å². The Morgan fingerprint density at radius 2 is 1.93 bits per heavy atom. The second-order valence-electron chi connectivity index (χ2n) is 6.19. The van der Waals surface area contributed by atoms with E-state index in [1.807, 2.05) is 0 Å². The summed E-state index contributed by atoms with van der Waals surface area (Å²) in [5, 5.41) is 6.54. The van der Waals surface area contributed by atoms with Crippen LogP contribution in [0.5, 0.6) is 0 Å². The number of nitrogens with one attached hydrogen (secondary N) is 2. The van der Waals surface area contributed by atoms with Crippen molar-refractivity contribution in [2.45, 2.75) is 12.6 Å². The van der Waals surface area contributed by atoms with Crippen molar-refractivity contribution >= 4 is 58.3 Å². The summed E-state index contributed by atoms with van der Waals surface area (Å²) in [6, 6.07) is 11.8. The summed E-state index contributed by atoms with van der Waals surface area (Å²) >= 11 is 12.0. The van der Waals surface area contributed by atoms with Crippen molar-refractivity contribution in [2.24, 2.45) is 15.7 Å². The number of anilines is 2. The van der Waals surface area contributed by atoms with Crippen molar-refractivity contribution < 1.29 is 9.59 Å². The van der Waals surface area contributed by atoms with Gasteiger partial charge in [-0.05, 0) is 24.3 Å². The smallest absolute Gasteiger partial charge is 0.289 e. The van der Waals surface area contributed by atoms with Gasteiger partial charge in [0.15, 0.2) is 5.96 Å². The third kappa shape index (κ3) is 2.78. The lowest BCUT2D eigenvalue weighted by atomic mass is 10.0. The third-order valence-corrected chi connectivity index (χ3v) is 5.06. The monoisotopic (exact) mass is 416 g/mol. The number of carbonyl (C=O) groups is 2. The lowest BCUT2D eigenvalue weighted by molar-refractivity contribution is -0.127. The minimum Gasteiger partial charge on any atom is -0.370 e. The molecule has 4 rings (SSSR count). The zero-order valence-electron chi connectivity index (χ0n) is 14.5. The predicted octanol–water partition coefficient (Wildman–Crippen LogP) is 2.43. The Kier molecular flexibility index (Phi) is 4.24. The van der Waals surface area contributed by atoms with Crippen LogP contribution in [-0.4, -0.2) is 23.7 Å². The molecule has 10 heteroatoms. The second-order valence-corrected chi connectivity index (χ2v) is 7.00. The minimum atomic E-state index is -1.68. The van der Waals surface area contributed by atoms with Crippen LogP contribution < -0.4 is 21.3 Å². The first kappa shape index (κ1) is 18.3. The standard InChI is InChI=1S/C18H14Cl2N6O2/c1-9(27)26-14-5-3-2-4-11(14)18(15(26)28)24-16(21)23-17(25-18)22-10-6-7-12(19)13(20)8-10/h2-8H,1H3,(H4,21,22,23,24,25)/t18-/m0/s1. The molecule has 0 fully saturated rings. The first-order chi connectivity index (χ1) is 13.3. The Bertz CT molecular complexity index is 1080. The fraction of sp³-hybridized carbons (Fsp3) is 0.111. The van der Waals surface area contributed by atoms with Crippen LogP contribution in [0.25, 0.3) is 0 Å². The van der Waals surface area contributed by atoms with Gasteiger partial charge in [0.25, 0.3) is 11.6 Å². The number of benzene rings is 2. The molecule has 4 N–H and O–H groups in total. The second kappa shape index (κ2) is 6.50. The molecule has 0 bridgehead atoms. The molecule has 0 aliphatic carbocycles. The number of imide groups is 1. The van der Waals surface area contributed by atoms with Gasteiger partial charge in [0, 0.05) is 18.2 Å². The van der Waals surface area contributed by atoms with Crippen LogP contribution in [0.1, 0.15) is 12.5 Å². The van der Waals surface area contributed by atoms with Gasteiger partial charge in [-0.1, -0.05) is 41.4 Å². The molecule has 2 aromatic carbocycles. The van der Waals surface area contributed by atoms with Crippen molar-refractivity contribution in [2.75, 3.05) is 10.2 Å². The lowest BCUT2D eigenvalue weighted by Crippen LogP contribution is -2.51. The van der Waals surface area contributed by atoms with Crippen LogP contribution in [0.3, 0.4) is 0 Å². The normalized spacial score (nSPS) is 20.4. The third-order valence-electron chi connectivity index (χ3n) is 4.32. The van der Waals surface area contributed by atoms with Crippen LogP contribution in [0.2, 0.25) is 10.0 Å². The zero-order chi connectivity index (χ0) is 20.1. The van der Waals surface area contributed by atoms with Crippen molar-refractivity contribution in [1.29, 1.82) is 0 Å². The summed E-state index contributed by atoms with van der Waals surface area (Å²) in [5.41, 5.74) is 5.73. The Balaban J connectivity index is 1.81. The summed E-state index contributed by atoms with van der Waals surface area (Å²) in [6.07, 6.45) is 0. The number of amides is 2. The Labute approximate surface area is 170 Å². The van der Waals surface area contributed by atoms with Gasteiger partial charge in [0.2, 0.25) is 11.9 Å². The molecular weight excluding hydrogens is 403 g/mol. The maximum Gasteiger partial charge on any atom is 0.289 e. The summed E-state index contributed by atoms with van der Waals surface area (Å²) in [4.78, 5) is 35.0. The highest BCUT2D eigenvalue weighted by atomic mass is 35.5. The van der Waals surface area contributed by atoms with Crippen molar-refractivity contribution in [3.63, 3.8) is 0 Å². The molecule has 0 saturated carbocycles. The van der Waals surface area contributed by atoms with Crippen LogP contribution in [-0.2, 0) is 15.3 Å². The van der Waals surface area contributed by atoms with Crippen LogP contribution in [0.15, 0.2) is 52.4 Å². The number of rotatable bonds is 1. The number of hydrogen-bond donors (Lipinski definition) is 3. The summed E-state index contributed by atoms with van der Waals surface area (Å²) in [7, 11) is 0. The van der Waals surface area contributed by atoms with E-state index < -0.39 is 17.5 Å². The van der Waals surface area contributed by atoms with E-state index in [1.54, 1.807) is 42.5 Å². The summed E-state index contributed by atoms with van der Waals surface area (Å²) in [6.45, 7) is 1.31. The molecule has 2 aliphatic rings. The Morgan fingerprint density at radius 3 is 2.64 bits per heavy atom. The number of para-hydroxylation sites is 1. The molecule has 2 aromatic rings. The highest BCUT2D eigenvalue weighted by Gasteiger charge is 2.54. The molecule has 28 heavy (non-hydrogen) atoms. The lowest BCUT2D eigenvalue weighted by Gasteiger charge is -2.27. The molecule has 1 spiro atoms. The zero-order valence-corrected chi connectivity index (χ0v) is 16.0. The molecule has 2 amide bonds. The van der Waals surface area contributed by atoms with Gasteiger partial charge < -0.3 is 11.1 Å². The number of halogens is 2. The number of aliphatic imine (C=N–C) groups is 2. The highest BCUT2D eigenvalue weighted by molar-refractivity contribution is 6.42. The van der Waals surface area contributed by atoms with Gasteiger partial charge in [0.1, 0.15) is 0 Å². The van der Waals surface area contributed by atoms with E-state index in [0.29, 0.717) is 27.0 Å². The summed E-state index contributed by atoms with van der Waals surface area (Å²) in [5.74, 6) is -0.875. The predicted molar refractivity (Wildman–Crippen MR) is 109 cm³/mol. The van der Waals surface area contributed by atoms with Gasteiger partial charge in [-0.15, -0.1) is 0 Å². The summed E-state index contributed by atoms with van der Waals surface area (Å²) < 4.78 is 0. The first-order valence-electron chi connectivity index (χ1n) is 8.21. The minimum absolute atomic E-state index is 0.0221. The maximum absolute atomic E-state index is 13.2. The number of nitrogens with two attached hydrogens (primary N) is 1. The van der Waals surface area contributed by atoms with Crippen LogP contribution in [0.4, 0.5) is 11.4 Å². The number of guanidine groups is 2. The molecule has 2 aliphatic heterocycles. The molecule has 0 radical (unpaired) electrons. The van der Waals surface area contributed by atoms with E-state index >= 15 is 0 Å². The molecule has 142 valence electrons. The van der Waals surface area contributed by atoms with E-state index in [4.69, 9.17) is 28.9 Å². The quantitative estimate of drug-likeness (QED) is 0.660. The maximum atomic E-state index is 13.2. The van der Waals surface area contributed by atoms with Crippen molar-refractivity contribution in [1.82, 2.24) is 5.32 Å². The van der Waals surface area contributed by atoms with Crippen LogP contribution in [0, 0.1) is 0 Å². The Morgan fingerprint density at radius 1 is 1.18 bits per heavy atom. The van der Waals surface area contributed by atoms with Crippen molar-refractivity contribution in [3.8, 4) is 0 Å². The number of carbonyl (C=O) groups excluding carboxylic acids is 2. The van der Waals surface area contributed by atoms with Gasteiger partial charge >= 0.3 is 0 Å². The Hall–Kier alpha value is -3.10. The van der Waals surface area contributed by atoms with E-state index in [9.17, 15) is 9.59 Å². The molecule has 0 aromatic heterocycles. The topological polar surface area (TPSA) is 112 Å². The van der Waals surface area contributed by atoms with Gasteiger partial charge in [-0.25, -0.2) is 14.9 Å². The average molecular weight is 417 g/mol. The number of nitrogens with zero attached hydrogens (tertiary/aromatic N) is 3. The van der Waals surface area contributed by atoms with E-state index in [0.717, 1.165) is 4.90 Å². The highest BCUT2D eigenvalue weighted by Crippen LogP contribution is 2.44. The number of fused-ring (bicyclic) bond motifs is 2. The van der Waals surface area contributed by atoms with E-state index in [-0.39, 0.29) is 11.9 Å². The van der Waals surface area contributed by atoms with Gasteiger partial charge in [-0.2, -0.15) is 0 Å². The largest absolute Gasteiger partial charge is 0.370 e. The average Bonchev–Trinajstić information content (AvgIpc) is 2.86.